The van der Waals surface area contributed by atoms with Crippen molar-refractivity contribution in [1.82, 2.24) is 0 Å². The van der Waals surface area contributed by atoms with Crippen LogP contribution < -0.4 is 10.4 Å². The van der Waals surface area contributed by atoms with E-state index in [2.05, 4.69) is 0 Å². The molecule has 94 valence electrons. The molecular weight excluding hydrogens is 256 g/mol. The second-order valence-corrected chi connectivity index (χ2v) is 4.13. The molecule has 18 heavy (non-hydrogen) atoms. The fourth-order valence-electron chi connectivity index (χ4n) is 1.57. The summed E-state index contributed by atoms with van der Waals surface area (Å²) >= 11 is 5.83. The van der Waals surface area contributed by atoms with Gasteiger partial charge in [0, 0.05) is 6.42 Å². The third-order valence-corrected chi connectivity index (χ3v) is 2.71. The molecule has 0 aliphatic carbocycles. The summed E-state index contributed by atoms with van der Waals surface area (Å²) in [5.41, 5.74) is -0.374. The SMILES string of the molecule is CCCC(=O)Oc1c(Cl)c(=O)oc2ccccc12. The van der Waals surface area contributed by atoms with Gasteiger partial charge in [0.25, 0.3) is 0 Å². The highest BCUT2D eigenvalue weighted by Gasteiger charge is 2.16. The van der Waals surface area contributed by atoms with Crippen LogP contribution in [-0.4, -0.2) is 5.97 Å². The third-order valence-electron chi connectivity index (χ3n) is 2.38. The zero-order valence-corrected chi connectivity index (χ0v) is 10.5. The highest BCUT2D eigenvalue weighted by atomic mass is 35.5. The standard InChI is InChI=1S/C13H11ClO4/c1-2-5-10(15)18-12-8-6-3-4-7-9(8)17-13(16)11(12)14/h3-4,6-7H,2,5H2,1H3. The summed E-state index contributed by atoms with van der Waals surface area (Å²) in [4.78, 5) is 23.0. The van der Waals surface area contributed by atoms with Crippen molar-refractivity contribution in [2.75, 3.05) is 0 Å². The Bertz CT molecular complexity index is 645. The summed E-state index contributed by atoms with van der Waals surface area (Å²) in [6, 6.07) is 6.76. The van der Waals surface area contributed by atoms with E-state index in [1.54, 1.807) is 24.3 Å². The second kappa shape index (κ2) is 5.23. The lowest BCUT2D eigenvalue weighted by Crippen LogP contribution is -2.11. The number of para-hydroxylation sites is 1. The maximum Gasteiger partial charge on any atom is 0.359 e. The highest BCUT2D eigenvalue weighted by molar-refractivity contribution is 6.32. The van der Waals surface area contributed by atoms with E-state index in [-0.39, 0.29) is 17.2 Å². The molecule has 0 saturated heterocycles. The average Bonchev–Trinajstić information content (AvgIpc) is 2.35. The fraction of sp³-hybridized carbons (Fsp3) is 0.231. The number of hydrogen-bond acceptors (Lipinski definition) is 4. The predicted octanol–water partition coefficient (Wildman–Crippen LogP) is 3.15. The van der Waals surface area contributed by atoms with Crippen LogP contribution in [-0.2, 0) is 4.79 Å². The average molecular weight is 267 g/mol. The smallest absolute Gasteiger partial charge is 0.359 e. The summed E-state index contributed by atoms with van der Waals surface area (Å²) in [5, 5.41) is 0.296. The number of rotatable bonds is 3. The van der Waals surface area contributed by atoms with Gasteiger partial charge in [-0.2, -0.15) is 0 Å². The minimum absolute atomic E-state index is 0.0713. The van der Waals surface area contributed by atoms with Crippen LogP contribution in [0, 0.1) is 0 Å². The van der Waals surface area contributed by atoms with Crippen LogP contribution in [0.4, 0.5) is 0 Å². The van der Waals surface area contributed by atoms with Crippen LogP contribution in [0.5, 0.6) is 5.75 Å². The lowest BCUT2D eigenvalue weighted by atomic mass is 10.2. The van der Waals surface area contributed by atoms with E-state index in [0.717, 1.165) is 0 Å². The van der Waals surface area contributed by atoms with Gasteiger partial charge in [-0.3, -0.25) is 4.79 Å². The number of benzene rings is 1. The van der Waals surface area contributed by atoms with Gasteiger partial charge in [0.05, 0.1) is 5.39 Å². The van der Waals surface area contributed by atoms with Crippen LogP contribution in [0.15, 0.2) is 33.5 Å². The Labute approximate surface area is 108 Å². The van der Waals surface area contributed by atoms with E-state index in [9.17, 15) is 9.59 Å². The van der Waals surface area contributed by atoms with Crippen molar-refractivity contribution in [3.8, 4) is 5.75 Å². The lowest BCUT2D eigenvalue weighted by molar-refractivity contribution is -0.134. The molecule has 0 bridgehead atoms. The Balaban J connectivity index is 2.57. The molecule has 2 aromatic rings. The van der Waals surface area contributed by atoms with Crippen molar-refractivity contribution in [3.63, 3.8) is 0 Å². The lowest BCUT2D eigenvalue weighted by Gasteiger charge is -2.07. The Kier molecular flexibility index (Phi) is 3.67. The zero-order chi connectivity index (χ0) is 13.1. The van der Waals surface area contributed by atoms with Crippen LogP contribution >= 0.6 is 11.6 Å². The van der Waals surface area contributed by atoms with Gasteiger partial charge >= 0.3 is 11.6 Å². The van der Waals surface area contributed by atoms with Gasteiger partial charge in [-0.15, -0.1) is 0 Å². The first-order valence-corrected chi connectivity index (χ1v) is 5.93. The minimum Gasteiger partial charge on any atom is -0.424 e. The van der Waals surface area contributed by atoms with Crippen LogP contribution in [0.1, 0.15) is 19.8 Å². The Morgan fingerprint density at radius 1 is 1.39 bits per heavy atom. The molecular formula is C13H11ClO4. The molecule has 0 aliphatic heterocycles. The van der Waals surface area contributed by atoms with E-state index in [1.807, 2.05) is 6.92 Å². The molecule has 0 spiro atoms. The quantitative estimate of drug-likeness (QED) is 0.632. The van der Waals surface area contributed by atoms with Crippen molar-refractivity contribution < 1.29 is 13.9 Å². The number of carbonyl (C=O) groups is 1. The number of carbonyl (C=O) groups excluding carboxylic acids is 1. The first kappa shape index (κ1) is 12.6. The summed E-state index contributed by atoms with van der Waals surface area (Å²) in [6.45, 7) is 1.86. The van der Waals surface area contributed by atoms with Gasteiger partial charge in [-0.1, -0.05) is 30.7 Å². The monoisotopic (exact) mass is 266 g/mol. The topological polar surface area (TPSA) is 56.5 Å². The number of hydrogen-bond donors (Lipinski definition) is 0. The van der Waals surface area contributed by atoms with Crippen LogP contribution in [0.25, 0.3) is 11.0 Å². The molecule has 0 atom stereocenters. The maximum atomic E-state index is 11.5. The first-order chi connectivity index (χ1) is 8.63. The van der Waals surface area contributed by atoms with Crippen molar-refractivity contribution in [2.45, 2.75) is 19.8 Å². The van der Waals surface area contributed by atoms with Crippen molar-refractivity contribution in [2.24, 2.45) is 0 Å². The molecule has 1 heterocycles. The zero-order valence-electron chi connectivity index (χ0n) is 9.73. The van der Waals surface area contributed by atoms with E-state index >= 15 is 0 Å². The Morgan fingerprint density at radius 2 is 2.11 bits per heavy atom. The molecule has 0 radical (unpaired) electrons. The highest BCUT2D eigenvalue weighted by Crippen LogP contribution is 2.30. The molecule has 0 unspecified atom stereocenters. The van der Waals surface area contributed by atoms with Crippen molar-refractivity contribution in [1.29, 1.82) is 0 Å². The Morgan fingerprint density at radius 3 is 2.83 bits per heavy atom. The molecule has 5 heteroatoms. The van der Waals surface area contributed by atoms with Gasteiger partial charge in [-0.05, 0) is 18.6 Å². The molecule has 2 rings (SSSR count). The predicted molar refractivity (Wildman–Crippen MR) is 68.0 cm³/mol. The largest absolute Gasteiger partial charge is 0.424 e. The third kappa shape index (κ3) is 2.38. The molecule has 4 nitrogen and oxygen atoms in total. The second-order valence-electron chi connectivity index (χ2n) is 3.75. The maximum absolute atomic E-state index is 11.5. The molecule has 0 fully saturated rings. The molecule has 0 N–H and O–H groups in total. The van der Waals surface area contributed by atoms with Gasteiger partial charge < -0.3 is 9.15 Å². The summed E-state index contributed by atoms with van der Waals surface area (Å²) in [5.74, 6) is -0.350. The molecule has 1 aromatic heterocycles. The summed E-state index contributed by atoms with van der Waals surface area (Å²) < 4.78 is 10.1. The van der Waals surface area contributed by atoms with Gasteiger partial charge in [-0.25, -0.2) is 4.79 Å². The van der Waals surface area contributed by atoms with Gasteiger partial charge in [0.1, 0.15) is 5.58 Å². The molecule has 0 saturated carbocycles. The number of ether oxygens (including phenoxy) is 1. The van der Waals surface area contributed by atoms with Crippen molar-refractivity contribution in [3.05, 3.63) is 39.7 Å². The summed E-state index contributed by atoms with van der Waals surface area (Å²) in [7, 11) is 0. The minimum atomic E-state index is -0.713. The van der Waals surface area contributed by atoms with E-state index in [4.69, 9.17) is 20.8 Å². The normalized spacial score (nSPS) is 10.6. The van der Waals surface area contributed by atoms with Crippen molar-refractivity contribution >= 4 is 28.5 Å². The van der Waals surface area contributed by atoms with Crippen LogP contribution in [0.2, 0.25) is 5.02 Å². The van der Waals surface area contributed by atoms with E-state index < -0.39 is 11.6 Å². The van der Waals surface area contributed by atoms with E-state index in [1.165, 1.54) is 0 Å². The van der Waals surface area contributed by atoms with Crippen LogP contribution in [0.3, 0.4) is 0 Å². The summed E-state index contributed by atoms with van der Waals surface area (Å²) in [6.07, 6.45) is 0.931. The van der Waals surface area contributed by atoms with Gasteiger partial charge in [0.15, 0.2) is 10.8 Å². The number of halogens is 1. The molecule has 0 aliphatic rings. The molecule has 0 amide bonds. The van der Waals surface area contributed by atoms with E-state index in [0.29, 0.717) is 17.4 Å². The Hall–Kier alpha value is -1.81. The first-order valence-electron chi connectivity index (χ1n) is 5.55. The molecule has 1 aromatic carbocycles. The fourth-order valence-corrected chi connectivity index (χ4v) is 1.75. The van der Waals surface area contributed by atoms with Gasteiger partial charge in [0.2, 0.25) is 0 Å². The number of esters is 1. The number of fused-ring (bicyclic) bond motifs is 1.